The SMILES string of the molecule is [B].[BiH3].[SiH4].[Ti].[Zn]. The first-order valence-electron chi connectivity index (χ1n) is 0. The minimum Gasteiger partial charge on any atom is -0.0149 e. The molecule has 5 heavy (non-hydrogen) atoms. The molecule has 0 aliphatic rings. The molecule has 0 saturated heterocycles. The zero-order chi connectivity index (χ0) is 0. The van der Waals surface area contributed by atoms with Gasteiger partial charge in [-0.25, -0.2) is 0 Å². The molecule has 0 aliphatic carbocycles. The summed E-state index contributed by atoms with van der Waals surface area (Å²) in [6, 6.07) is 0. The average Bonchev–Trinajstić information content (AvgIpc) is 0. The molecule has 0 N–H and O–H groups in total. The summed E-state index contributed by atoms with van der Waals surface area (Å²) in [6.07, 6.45) is 0. The Labute approximate surface area is 85.6 Å². The van der Waals surface area contributed by atoms with E-state index in [1.54, 1.807) is 0 Å². The van der Waals surface area contributed by atoms with Gasteiger partial charge in [-0.1, -0.05) is 0 Å². The van der Waals surface area contributed by atoms with Gasteiger partial charge < -0.3 is 0 Å². The van der Waals surface area contributed by atoms with Crippen LogP contribution >= 0.6 is 0 Å². The molecular formula is H7BBiSiTiZn. The van der Waals surface area contributed by atoms with E-state index in [4.69, 9.17) is 0 Å². The van der Waals surface area contributed by atoms with Crippen molar-refractivity contribution < 1.29 is 41.2 Å². The van der Waals surface area contributed by atoms with Gasteiger partial charge >= 0.3 is 26.2 Å². The van der Waals surface area contributed by atoms with E-state index < -0.39 is 0 Å². The van der Waals surface area contributed by atoms with Crippen molar-refractivity contribution in [1.29, 1.82) is 0 Å². The summed E-state index contributed by atoms with van der Waals surface area (Å²) in [7, 11) is 0. The van der Waals surface area contributed by atoms with Crippen molar-refractivity contribution in [3.63, 3.8) is 0 Å². The van der Waals surface area contributed by atoms with Crippen molar-refractivity contribution in [3.8, 4) is 0 Å². The minimum atomic E-state index is 0. The summed E-state index contributed by atoms with van der Waals surface area (Å²) in [5, 5.41) is 0. The van der Waals surface area contributed by atoms with Gasteiger partial charge in [0.1, 0.15) is 0 Å². The van der Waals surface area contributed by atoms with Crippen LogP contribution in [0.1, 0.15) is 0 Å². The van der Waals surface area contributed by atoms with Crippen LogP contribution in [0.15, 0.2) is 0 Å². The van der Waals surface area contributed by atoms with Gasteiger partial charge in [0.05, 0.1) is 0 Å². The van der Waals surface area contributed by atoms with E-state index in [9.17, 15) is 0 Å². The summed E-state index contributed by atoms with van der Waals surface area (Å²) in [5.74, 6) is 0. The first kappa shape index (κ1) is 50.7. The van der Waals surface area contributed by atoms with Crippen LogP contribution in [0.5, 0.6) is 0 Å². The monoisotopic (exact) mass is 367 g/mol. The summed E-state index contributed by atoms with van der Waals surface area (Å²) in [6.45, 7) is 0. The molecule has 0 unspecified atom stereocenters. The maximum absolute atomic E-state index is 0. The molecule has 0 fully saturated rings. The molecular weight excluding hydrogens is 361 g/mol. The Morgan fingerprint density at radius 1 is 1.00 bits per heavy atom. The zero-order valence-corrected chi connectivity index (χ0v) is 12.5. The van der Waals surface area contributed by atoms with Crippen LogP contribution in [0.4, 0.5) is 0 Å². The molecule has 0 rings (SSSR count). The summed E-state index contributed by atoms with van der Waals surface area (Å²) < 4.78 is 0. The fourth-order valence-electron chi connectivity index (χ4n) is 0. The predicted molar refractivity (Wildman–Crippen MR) is 27.0 cm³/mol. The van der Waals surface area contributed by atoms with Gasteiger partial charge in [0, 0.05) is 49.6 Å². The van der Waals surface area contributed by atoms with Crippen molar-refractivity contribution in [2.75, 3.05) is 0 Å². The van der Waals surface area contributed by atoms with Gasteiger partial charge in [-0.15, -0.1) is 0 Å². The Bertz CT molecular complexity index is 11.6. The molecule has 0 aliphatic heterocycles. The second-order valence-electron chi connectivity index (χ2n) is 0. The molecule has 0 aromatic heterocycles. The fraction of sp³-hybridized carbons (Fsp3) is 0. The van der Waals surface area contributed by atoms with Gasteiger partial charge in [0.15, 0.2) is 0 Å². The zero-order valence-electron chi connectivity index (χ0n) is 2.49. The van der Waals surface area contributed by atoms with E-state index in [1.807, 2.05) is 0 Å². The molecule has 0 heterocycles. The number of hydrogen-bond donors (Lipinski definition) is 0. The number of hydrogen-bond acceptors (Lipinski definition) is 0. The van der Waals surface area contributed by atoms with E-state index in [-0.39, 0.29) is 86.8 Å². The van der Waals surface area contributed by atoms with Crippen molar-refractivity contribution in [1.82, 2.24) is 0 Å². The molecule has 0 spiro atoms. The molecule has 5 heteroatoms. The Kier molecular flexibility index (Phi) is 318. The smallest absolute Gasteiger partial charge is 0 e. The molecule has 25 valence electrons. The van der Waals surface area contributed by atoms with Crippen LogP contribution in [0.2, 0.25) is 0 Å². The molecule has 0 aromatic carbocycles. The van der Waals surface area contributed by atoms with E-state index in [2.05, 4.69) is 0 Å². The van der Waals surface area contributed by atoms with Gasteiger partial charge in [0.25, 0.3) is 0 Å². The maximum atomic E-state index is 0. The Balaban J connectivity index is 0. The topological polar surface area (TPSA) is 0 Å². The molecule has 0 aromatic rings. The second kappa shape index (κ2) is 31.4. The van der Waals surface area contributed by atoms with Crippen LogP contribution in [-0.4, -0.2) is 45.6 Å². The van der Waals surface area contributed by atoms with Crippen molar-refractivity contribution in [2.45, 2.75) is 0 Å². The largest absolute Gasteiger partial charge is 0.0149 e. The Morgan fingerprint density at radius 2 is 1.00 bits per heavy atom. The molecule has 0 saturated carbocycles. The summed E-state index contributed by atoms with van der Waals surface area (Å²) >= 11 is 0. The molecule has 0 atom stereocenters. The third kappa shape index (κ3) is 21.0. The van der Waals surface area contributed by atoms with Crippen molar-refractivity contribution in [3.05, 3.63) is 0 Å². The molecule has 3 radical (unpaired) electrons. The Morgan fingerprint density at radius 3 is 1.00 bits per heavy atom. The predicted octanol–water partition coefficient (Wildman–Crippen LogP) is -3.02. The first-order valence-corrected chi connectivity index (χ1v) is 0. The maximum Gasteiger partial charge on any atom is 0 e. The summed E-state index contributed by atoms with van der Waals surface area (Å²) in [4.78, 5) is 0. The summed E-state index contributed by atoms with van der Waals surface area (Å²) in [5.41, 5.74) is 0. The molecule has 0 nitrogen and oxygen atoms in total. The third-order valence-corrected chi connectivity index (χ3v) is 0. The van der Waals surface area contributed by atoms with Crippen LogP contribution in [0, 0.1) is 0 Å². The van der Waals surface area contributed by atoms with Crippen LogP contribution in [0.3, 0.4) is 0 Å². The van der Waals surface area contributed by atoms with E-state index in [0.717, 1.165) is 0 Å². The van der Waals surface area contributed by atoms with Crippen molar-refractivity contribution >= 4 is 45.6 Å². The quantitative estimate of drug-likeness (QED) is 0.400. The molecule has 0 amide bonds. The van der Waals surface area contributed by atoms with Gasteiger partial charge in [0.2, 0.25) is 0 Å². The normalized spacial score (nSPS) is 0. The third-order valence-electron chi connectivity index (χ3n) is 0. The minimum absolute atomic E-state index is 0. The molecule has 0 bridgehead atoms. The fourth-order valence-corrected chi connectivity index (χ4v) is 0. The van der Waals surface area contributed by atoms with Gasteiger partial charge in [-0.3, -0.25) is 0 Å². The van der Waals surface area contributed by atoms with Crippen LogP contribution < -0.4 is 0 Å². The van der Waals surface area contributed by atoms with Crippen LogP contribution in [0.25, 0.3) is 0 Å². The second-order valence-corrected chi connectivity index (χ2v) is 0. The average molecular weight is 368 g/mol. The van der Waals surface area contributed by atoms with Gasteiger partial charge in [-0.05, 0) is 11.0 Å². The van der Waals surface area contributed by atoms with E-state index in [0.29, 0.717) is 0 Å². The standard InChI is InChI=1S/B.Bi.H4Si.Ti.Zn.3H/h;;1H4;;;;;. The van der Waals surface area contributed by atoms with E-state index in [1.165, 1.54) is 0 Å². The van der Waals surface area contributed by atoms with E-state index >= 15 is 0 Å². The van der Waals surface area contributed by atoms with Crippen molar-refractivity contribution in [2.24, 2.45) is 0 Å². The first-order chi connectivity index (χ1) is 0. The van der Waals surface area contributed by atoms with Gasteiger partial charge in [-0.2, -0.15) is 0 Å². The van der Waals surface area contributed by atoms with Crippen LogP contribution in [-0.2, 0) is 41.2 Å². The number of rotatable bonds is 0. The Hall–Kier alpha value is 2.50.